The summed E-state index contributed by atoms with van der Waals surface area (Å²) in [5.41, 5.74) is 5.11. The van der Waals surface area contributed by atoms with Gasteiger partial charge in [0.1, 0.15) is 17.5 Å². The number of ether oxygens (including phenoxy) is 2. The standard InChI is InChI=1S/C15H20N2O4/c1-15(2,3)21-14(19)17-8-12(9-17)20-11-6-4-5-10(7-11)13(16)18/h4-7,12H,8-9H2,1-3H3,(H2,16,18). The Hall–Kier alpha value is -2.24. The molecule has 21 heavy (non-hydrogen) atoms. The van der Waals surface area contributed by atoms with Crippen molar-refractivity contribution >= 4 is 12.0 Å². The molecule has 2 rings (SSSR count). The van der Waals surface area contributed by atoms with Crippen LogP contribution in [0.2, 0.25) is 0 Å². The summed E-state index contributed by atoms with van der Waals surface area (Å²) in [6.45, 7) is 6.42. The topological polar surface area (TPSA) is 81.9 Å². The fourth-order valence-corrected chi connectivity index (χ4v) is 1.90. The molecule has 2 N–H and O–H groups in total. The fraction of sp³-hybridized carbons (Fsp3) is 0.467. The van der Waals surface area contributed by atoms with Crippen molar-refractivity contribution in [1.29, 1.82) is 0 Å². The third kappa shape index (κ3) is 4.11. The second-order valence-electron chi connectivity index (χ2n) is 6.02. The largest absolute Gasteiger partial charge is 0.487 e. The fourth-order valence-electron chi connectivity index (χ4n) is 1.90. The second-order valence-corrected chi connectivity index (χ2v) is 6.02. The van der Waals surface area contributed by atoms with Crippen LogP contribution in [0.3, 0.4) is 0 Å². The average Bonchev–Trinajstić information content (AvgIpc) is 2.31. The van der Waals surface area contributed by atoms with Crippen LogP contribution < -0.4 is 10.5 Å². The number of carbonyl (C=O) groups excluding carboxylic acids is 2. The Morgan fingerprint density at radius 1 is 1.29 bits per heavy atom. The molecule has 0 aliphatic carbocycles. The van der Waals surface area contributed by atoms with Gasteiger partial charge in [-0.1, -0.05) is 6.07 Å². The lowest BCUT2D eigenvalue weighted by molar-refractivity contribution is -0.0221. The van der Waals surface area contributed by atoms with Gasteiger partial charge in [0.05, 0.1) is 13.1 Å². The van der Waals surface area contributed by atoms with Gasteiger partial charge in [-0.05, 0) is 39.0 Å². The molecule has 6 nitrogen and oxygen atoms in total. The first-order chi connectivity index (χ1) is 9.74. The smallest absolute Gasteiger partial charge is 0.410 e. The molecular formula is C15H20N2O4. The van der Waals surface area contributed by atoms with Crippen LogP contribution in [0.4, 0.5) is 4.79 Å². The molecule has 1 aromatic rings. The van der Waals surface area contributed by atoms with Gasteiger partial charge in [0.25, 0.3) is 0 Å². The van der Waals surface area contributed by atoms with E-state index in [-0.39, 0.29) is 12.2 Å². The van der Waals surface area contributed by atoms with Gasteiger partial charge < -0.3 is 20.1 Å². The maximum absolute atomic E-state index is 11.8. The molecule has 0 aromatic heterocycles. The van der Waals surface area contributed by atoms with Gasteiger partial charge in [-0.15, -0.1) is 0 Å². The van der Waals surface area contributed by atoms with E-state index in [9.17, 15) is 9.59 Å². The summed E-state index contributed by atoms with van der Waals surface area (Å²) in [4.78, 5) is 24.4. The lowest BCUT2D eigenvalue weighted by atomic mass is 10.1. The van der Waals surface area contributed by atoms with E-state index < -0.39 is 11.5 Å². The van der Waals surface area contributed by atoms with Crippen LogP contribution in [0.25, 0.3) is 0 Å². The number of nitrogens with zero attached hydrogens (tertiary/aromatic N) is 1. The van der Waals surface area contributed by atoms with Crippen molar-refractivity contribution in [2.45, 2.75) is 32.5 Å². The van der Waals surface area contributed by atoms with E-state index in [4.69, 9.17) is 15.2 Å². The Bertz CT molecular complexity index is 545. The SMILES string of the molecule is CC(C)(C)OC(=O)N1CC(Oc2cccc(C(N)=O)c2)C1. The molecule has 0 radical (unpaired) electrons. The van der Waals surface area contributed by atoms with Crippen LogP contribution in [0, 0.1) is 0 Å². The molecule has 0 unspecified atom stereocenters. The molecule has 1 fully saturated rings. The summed E-state index contributed by atoms with van der Waals surface area (Å²) in [6, 6.07) is 6.68. The minimum absolute atomic E-state index is 0.0966. The first kappa shape index (κ1) is 15.2. The zero-order chi connectivity index (χ0) is 15.6. The van der Waals surface area contributed by atoms with Crippen LogP contribution in [0.5, 0.6) is 5.75 Å². The van der Waals surface area contributed by atoms with Gasteiger partial charge >= 0.3 is 6.09 Å². The molecular weight excluding hydrogens is 272 g/mol. The molecule has 0 bridgehead atoms. The molecule has 1 aliphatic rings. The van der Waals surface area contributed by atoms with E-state index in [1.165, 1.54) is 0 Å². The highest BCUT2D eigenvalue weighted by Gasteiger charge is 2.35. The first-order valence-corrected chi connectivity index (χ1v) is 6.79. The Morgan fingerprint density at radius 2 is 1.95 bits per heavy atom. The minimum atomic E-state index is -0.501. The first-order valence-electron chi connectivity index (χ1n) is 6.79. The second kappa shape index (κ2) is 5.63. The summed E-state index contributed by atoms with van der Waals surface area (Å²) >= 11 is 0. The van der Waals surface area contributed by atoms with Crippen molar-refractivity contribution in [2.75, 3.05) is 13.1 Å². The zero-order valence-electron chi connectivity index (χ0n) is 12.5. The number of carbonyl (C=O) groups is 2. The highest BCUT2D eigenvalue weighted by molar-refractivity contribution is 5.93. The highest BCUT2D eigenvalue weighted by atomic mass is 16.6. The normalized spacial score (nSPS) is 15.3. The number of amides is 2. The number of benzene rings is 1. The van der Waals surface area contributed by atoms with Gasteiger partial charge in [0, 0.05) is 5.56 Å². The third-order valence-electron chi connectivity index (χ3n) is 2.92. The van der Waals surface area contributed by atoms with Gasteiger partial charge in [0.2, 0.25) is 5.91 Å². The van der Waals surface area contributed by atoms with E-state index >= 15 is 0 Å². The molecule has 0 atom stereocenters. The van der Waals surface area contributed by atoms with Crippen LogP contribution in [-0.2, 0) is 4.74 Å². The van der Waals surface area contributed by atoms with Gasteiger partial charge in [-0.3, -0.25) is 4.79 Å². The van der Waals surface area contributed by atoms with E-state index in [1.807, 2.05) is 20.8 Å². The summed E-state index contributed by atoms with van der Waals surface area (Å²) in [5, 5.41) is 0. The number of hydrogen-bond acceptors (Lipinski definition) is 4. The minimum Gasteiger partial charge on any atom is -0.487 e. The quantitative estimate of drug-likeness (QED) is 0.920. The van der Waals surface area contributed by atoms with Crippen molar-refractivity contribution in [1.82, 2.24) is 4.90 Å². The Labute approximate surface area is 123 Å². The van der Waals surface area contributed by atoms with Gasteiger partial charge in [-0.2, -0.15) is 0 Å². The Morgan fingerprint density at radius 3 is 2.52 bits per heavy atom. The third-order valence-corrected chi connectivity index (χ3v) is 2.92. The van der Waals surface area contributed by atoms with E-state index in [2.05, 4.69) is 0 Å². The average molecular weight is 292 g/mol. The highest BCUT2D eigenvalue weighted by Crippen LogP contribution is 2.21. The summed E-state index contributed by atoms with van der Waals surface area (Å²) in [7, 11) is 0. The number of hydrogen-bond donors (Lipinski definition) is 1. The van der Waals surface area contributed by atoms with E-state index in [0.717, 1.165) is 0 Å². The summed E-state index contributed by atoms with van der Waals surface area (Å²) < 4.78 is 11.0. The monoisotopic (exact) mass is 292 g/mol. The van der Waals surface area contributed by atoms with Gasteiger partial charge in [0.15, 0.2) is 0 Å². The maximum atomic E-state index is 11.8. The molecule has 1 saturated heterocycles. The van der Waals surface area contributed by atoms with Crippen LogP contribution in [0.1, 0.15) is 31.1 Å². The number of rotatable bonds is 3. The van der Waals surface area contributed by atoms with E-state index in [1.54, 1.807) is 29.2 Å². The van der Waals surface area contributed by atoms with Crippen molar-refractivity contribution in [3.63, 3.8) is 0 Å². The molecule has 0 spiro atoms. The lowest BCUT2D eigenvalue weighted by Gasteiger charge is -2.39. The summed E-state index contributed by atoms with van der Waals surface area (Å²) in [5.74, 6) is 0.0737. The Balaban J connectivity index is 1.84. The molecule has 114 valence electrons. The van der Waals surface area contributed by atoms with Crippen molar-refractivity contribution in [3.8, 4) is 5.75 Å². The number of nitrogens with two attached hydrogens (primary N) is 1. The van der Waals surface area contributed by atoms with Crippen LogP contribution in [-0.4, -0.2) is 41.7 Å². The summed E-state index contributed by atoms with van der Waals surface area (Å²) in [6.07, 6.45) is -0.436. The Kier molecular flexibility index (Phi) is 4.06. The van der Waals surface area contributed by atoms with Crippen LogP contribution in [0.15, 0.2) is 24.3 Å². The van der Waals surface area contributed by atoms with Crippen LogP contribution >= 0.6 is 0 Å². The molecule has 6 heteroatoms. The zero-order valence-corrected chi connectivity index (χ0v) is 12.5. The number of primary amides is 1. The molecule has 1 aromatic carbocycles. The van der Waals surface area contributed by atoms with Crippen molar-refractivity contribution in [3.05, 3.63) is 29.8 Å². The molecule has 2 amide bonds. The lowest BCUT2D eigenvalue weighted by Crippen LogP contribution is -2.57. The predicted octanol–water partition coefficient (Wildman–Crippen LogP) is 1.78. The maximum Gasteiger partial charge on any atom is 0.410 e. The van der Waals surface area contributed by atoms with Gasteiger partial charge in [-0.25, -0.2) is 4.79 Å². The predicted molar refractivity (Wildman–Crippen MR) is 77.2 cm³/mol. The number of likely N-dealkylation sites (tertiary alicyclic amines) is 1. The molecule has 1 heterocycles. The van der Waals surface area contributed by atoms with Crippen molar-refractivity contribution in [2.24, 2.45) is 5.73 Å². The van der Waals surface area contributed by atoms with Crippen molar-refractivity contribution < 1.29 is 19.1 Å². The molecule has 1 aliphatic heterocycles. The van der Waals surface area contributed by atoms with E-state index in [0.29, 0.717) is 24.4 Å². The molecule has 0 saturated carbocycles.